The molecule has 2 rings (SSSR count). The second kappa shape index (κ2) is 6.01. The number of pyridine rings is 1. The lowest BCUT2D eigenvalue weighted by molar-refractivity contribution is 0.0735. The number of aromatic nitrogens is 1. The van der Waals surface area contributed by atoms with Crippen molar-refractivity contribution >= 4 is 17.5 Å². The minimum absolute atomic E-state index is 0.0910. The van der Waals surface area contributed by atoms with E-state index in [1.807, 2.05) is 19.1 Å². The molecule has 0 spiro atoms. The van der Waals surface area contributed by atoms with Crippen LogP contribution in [0.3, 0.4) is 0 Å². The van der Waals surface area contributed by atoms with Gasteiger partial charge < -0.3 is 4.90 Å². The first-order valence-corrected chi connectivity index (χ1v) is 6.52. The van der Waals surface area contributed by atoms with Gasteiger partial charge in [-0.1, -0.05) is 29.8 Å². The van der Waals surface area contributed by atoms with Crippen molar-refractivity contribution in [3.05, 3.63) is 64.7 Å². The maximum Gasteiger partial charge on any atom is 0.272 e. The van der Waals surface area contributed by atoms with Crippen molar-refractivity contribution in [2.24, 2.45) is 0 Å². The van der Waals surface area contributed by atoms with E-state index in [0.29, 0.717) is 5.02 Å². The van der Waals surface area contributed by atoms with Gasteiger partial charge in [-0.25, -0.2) is 4.98 Å². The van der Waals surface area contributed by atoms with E-state index in [0.717, 1.165) is 5.56 Å². The van der Waals surface area contributed by atoms with Gasteiger partial charge in [0.2, 0.25) is 5.95 Å². The van der Waals surface area contributed by atoms with Gasteiger partial charge in [0.1, 0.15) is 5.69 Å². The normalized spacial score (nSPS) is 12.0. The van der Waals surface area contributed by atoms with E-state index in [2.05, 4.69) is 4.98 Å². The van der Waals surface area contributed by atoms with Gasteiger partial charge in [0.15, 0.2) is 0 Å². The number of hydrogen-bond acceptors (Lipinski definition) is 2. The first kappa shape index (κ1) is 14.5. The highest BCUT2D eigenvalue weighted by Gasteiger charge is 2.20. The molecule has 104 valence electrons. The summed E-state index contributed by atoms with van der Waals surface area (Å²) in [6, 6.07) is 11.3. The van der Waals surface area contributed by atoms with Crippen LogP contribution in [0.1, 0.15) is 29.0 Å². The quantitative estimate of drug-likeness (QED) is 0.808. The summed E-state index contributed by atoms with van der Waals surface area (Å²) in [5, 5.41) is 0.640. The van der Waals surface area contributed by atoms with E-state index >= 15 is 0 Å². The van der Waals surface area contributed by atoms with Crippen molar-refractivity contribution < 1.29 is 9.18 Å². The van der Waals surface area contributed by atoms with Crippen molar-refractivity contribution in [1.29, 1.82) is 0 Å². The third kappa shape index (κ3) is 3.14. The molecule has 5 heteroatoms. The highest BCUT2D eigenvalue weighted by Crippen LogP contribution is 2.22. The Bertz CT molecular complexity index is 616. The van der Waals surface area contributed by atoms with Crippen LogP contribution in [0.2, 0.25) is 5.02 Å². The largest absolute Gasteiger partial charge is 0.334 e. The number of hydrogen-bond donors (Lipinski definition) is 0. The molecule has 1 heterocycles. The number of benzene rings is 1. The highest BCUT2D eigenvalue weighted by atomic mass is 35.5. The summed E-state index contributed by atoms with van der Waals surface area (Å²) in [5.41, 5.74) is 1.04. The van der Waals surface area contributed by atoms with Crippen LogP contribution in [-0.2, 0) is 0 Å². The molecule has 0 bridgehead atoms. The maximum absolute atomic E-state index is 13.1. The van der Waals surface area contributed by atoms with E-state index in [1.165, 1.54) is 23.1 Å². The molecule has 0 aliphatic carbocycles. The summed E-state index contributed by atoms with van der Waals surface area (Å²) in [5.74, 6) is -0.990. The average Bonchev–Trinajstić information content (AvgIpc) is 2.46. The Hall–Kier alpha value is -1.94. The van der Waals surface area contributed by atoms with Gasteiger partial charge in [-0.3, -0.25) is 4.79 Å². The Balaban J connectivity index is 2.20. The van der Waals surface area contributed by atoms with Gasteiger partial charge >= 0.3 is 0 Å². The summed E-state index contributed by atoms with van der Waals surface area (Å²) in [4.78, 5) is 17.4. The van der Waals surface area contributed by atoms with Crippen LogP contribution in [0.5, 0.6) is 0 Å². The first-order chi connectivity index (χ1) is 9.49. The lowest BCUT2D eigenvalue weighted by atomic mass is 10.1. The van der Waals surface area contributed by atoms with Gasteiger partial charge in [0.05, 0.1) is 6.04 Å². The van der Waals surface area contributed by atoms with Gasteiger partial charge in [-0.05, 0) is 36.8 Å². The molecule has 2 aromatic rings. The van der Waals surface area contributed by atoms with Crippen molar-refractivity contribution in [2.75, 3.05) is 7.05 Å². The lowest BCUT2D eigenvalue weighted by Gasteiger charge is -2.25. The van der Waals surface area contributed by atoms with E-state index in [9.17, 15) is 9.18 Å². The molecule has 0 radical (unpaired) electrons. The van der Waals surface area contributed by atoms with Crippen LogP contribution in [0.15, 0.2) is 42.5 Å². The molecule has 1 amide bonds. The number of amides is 1. The topological polar surface area (TPSA) is 33.2 Å². The zero-order valence-electron chi connectivity index (χ0n) is 11.2. The smallest absolute Gasteiger partial charge is 0.272 e. The van der Waals surface area contributed by atoms with Crippen LogP contribution in [0.25, 0.3) is 0 Å². The molecular weight excluding hydrogens is 279 g/mol. The summed E-state index contributed by atoms with van der Waals surface area (Å²) >= 11 is 5.84. The SMILES string of the molecule is CC(c1ccc(Cl)cc1)N(C)C(=O)c1cccc(F)n1. The van der Waals surface area contributed by atoms with Crippen molar-refractivity contribution in [3.8, 4) is 0 Å². The summed E-state index contributed by atoms with van der Waals surface area (Å²) in [6.45, 7) is 1.89. The molecule has 1 aromatic carbocycles. The number of rotatable bonds is 3. The average molecular weight is 293 g/mol. The van der Waals surface area contributed by atoms with Crippen LogP contribution in [-0.4, -0.2) is 22.8 Å². The molecule has 1 atom stereocenters. The number of carbonyl (C=O) groups excluding carboxylic acids is 1. The molecule has 0 saturated carbocycles. The molecule has 1 aromatic heterocycles. The predicted octanol–water partition coefficient (Wildman–Crippen LogP) is 3.71. The zero-order valence-corrected chi connectivity index (χ0v) is 11.9. The Morgan fingerprint density at radius 3 is 2.50 bits per heavy atom. The van der Waals surface area contributed by atoms with E-state index < -0.39 is 5.95 Å². The van der Waals surface area contributed by atoms with E-state index in [4.69, 9.17) is 11.6 Å². The Labute approximate surface area is 122 Å². The zero-order chi connectivity index (χ0) is 14.7. The predicted molar refractivity (Wildman–Crippen MR) is 76.2 cm³/mol. The molecular formula is C15H14ClFN2O. The monoisotopic (exact) mass is 292 g/mol. The molecule has 1 unspecified atom stereocenters. The lowest BCUT2D eigenvalue weighted by Crippen LogP contribution is -2.30. The Morgan fingerprint density at radius 2 is 1.90 bits per heavy atom. The number of nitrogens with zero attached hydrogens (tertiary/aromatic N) is 2. The van der Waals surface area contributed by atoms with Crippen LogP contribution < -0.4 is 0 Å². The second-order valence-electron chi connectivity index (χ2n) is 4.49. The highest BCUT2D eigenvalue weighted by molar-refractivity contribution is 6.30. The molecule has 0 N–H and O–H groups in total. The second-order valence-corrected chi connectivity index (χ2v) is 4.93. The van der Waals surface area contributed by atoms with Gasteiger partial charge in [0, 0.05) is 12.1 Å². The Morgan fingerprint density at radius 1 is 1.25 bits per heavy atom. The van der Waals surface area contributed by atoms with Crippen LogP contribution in [0, 0.1) is 5.95 Å². The molecule has 3 nitrogen and oxygen atoms in total. The number of carbonyl (C=O) groups is 1. The maximum atomic E-state index is 13.1. The van der Waals surface area contributed by atoms with Gasteiger partial charge in [-0.15, -0.1) is 0 Å². The molecule has 0 saturated heterocycles. The van der Waals surface area contributed by atoms with Crippen LogP contribution in [0.4, 0.5) is 4.39 Å². The van der Waals surface area contributed by atoms with Crippen molar-refractivity contribution in [2.45, 2.75) is 13.0 Å². The van der Waals surface area contributed by atoms with Gasteiger partial charge in [0.25, 0.3) is 5.91 Å². The van der Waals surface area contributed by atoms with E-state index in [1.54, 1.807) is 19.2 Å². The molecule has 20 heavy (non-hydrogen) atoms. The van der Waals surface area contributed by atoms with E-state index in [-0.39, 0.29) is 17.6 Å². The minimum atomic E-state index is -0.664. The van der Waals surface area contributed by atoms with Crippen LogP contribution >= 0.6 is 11.6 Å². The first-order valence-electron chi connectivity index (χ1n) is 6.14. The number of halogens is 2. The van der Waals surface area contributed by atoms with Gasteiger partial charge in [-0.2, -0.15) is 4.39 Å². The summed E-state index contributed by atoms with van der Waals surface area (Å²) in [7, 11) is 1.66. The summed E-state index contributed by atoms with van der Waals surface area (Å²) in [6.07, 6.45) is 0. The Kier molecular flexibility index (Phi) is 4.35. The third-order valence-electron chi connectivity index (χ3n) is 3.19. The fourth-order valence-electron chi connectivity index (χ4n) is 1.85. The van der Waals surface area contributed by atoms with Crippen molar-refractivity contribution in [3.63, 3.8) is 0 Å². The fraction of sp³-hybridized carbons (Fsp3) is 0.200. The summed E-state index contributed by atoms with van der Waals surface area (Å²) < 4.78 is 13.1. The standard InChI is InChI=1S/C15H14ClFN2O/c1-10(11-6-8-12(16)9-7-11)19(2)15(20)13-4-3-5-14(17)18-13/h3-10H,1-2H3. The molecule has 0 fully saturated rings. The molecule has 0 aliphatic heterocycles. The van der Waals surface area contributed by atoms with Crippen molar-refractivity contribution in [1.82, 2.24) is 9.88 Å². The fourth-order valence-corrected chi connectivity index (χ4v) is 1.97. The molecule has 0 aliphatic rings. The third-order valence-corrected chi connectivity index (χ3v) is 3.44. The minimum Gasteiger partial charge on any atom is -0.334 e.